The number of aromatic nitrogens is 4. The van der Waals surface area contributed by atoms with Crippen molar-refractivity contribution in [3.63, 3.8) is 0 Å². The number of nitrogens with zero attached hydrogens (tertiary/aromatic N) is 4. The van der Waals surface area contributed by atoms with Crippen molar-refractivity contribution in [3.8, 4) is 22.4 Å². The number of pyridine rings is 3. The lowest BCUT2D eigenvalue weighted by Gasteiger charge is -2.33. The first-order valence-corrected chi connectivity index (χ1v) is 11.0. The quantitative estimate of drug-likeness (QED) is 0.405. The highest BCUT2D eigenvalue weighted by atomic mass is 19.1. The molecule has 1 fully saturated rings. The van der Waals surface area contributed by atoms with Crippen molar-refractivity contribution in [2.24, 2.45) is 0 Å². The lowest BCUT2D eigenvalue weighted by Crippen LogP contribution is -2.38. The van der Waals surface area contributed by atoms with Crippen LogP contribution >= 0.6 is 0 Å². The van der Waals surface area contributed by atoms with Gasteiger partial charge >= 0.3 is 0 Å². The zero-order valence-electron chi connectivity index (χ0n) is 18.1. The van der Waals surface area contributed by atoms with Gasteiger partial charge in [0.05, 0.1) is 42.9 Å². The molecule has 1 amide bonds. The molecule has 1 saturated heterocycles. The van der Waals surface area contributed by atoms with Crippen LogP contribution in [0.3, 0.4) is 0 Å². The Morgan fingerprint density at radius 3 is 2.85 bits per heavy atom. The number of carbonyl (C=O) groups excluding carboxylic acids is 1. The number of H-pyrrole nitrogens is 1. The molecule has 34 heavy (non-hydrogen) atoms. The minimum atomic E-state index is -0.419. The second kappa shape index (κ2) is 8.31. The summed E-state index contributed by atoms with van der Waals surface area (Å²) in [6.45, 7) is 1.44. The van der Waals surface area contributed by atoms with Crippen LogP contribution in [-0.2, 0) is 9.53 Å². The van der Waals surface area contributed by atoms with E-state index >= 15 is 4.39 Å². The van der Waals surface area contributed by atoms with E-state index in [1.54, 1.807) is 23.5 Å². The monoisotopic (exact) mass is 453 g/mol. The minimum Gasteiger partial charge on any atom is -0.377 e. The highest BCUT2D eigenvalue weighted by Gasteiger charge is 2.24. The molecule has 0 spiro atoms. The first-order chi connectivity index (χ1) is 16.7. The third-order valence-electron chi connectivity index (χ3n) is 6.28. The summed E-state index contributed by atoms with van der Waals surface area (Å²) in [5.41, 5.74) is 5.02. The Bertz CT molecular complexity index is 1520. The maximum Gasteiger partial charge on any atom is 0.210 e. The molecule has 1 aliphatic heterocycles. The number of fused-ring (bicyclic) bond motifs is 3. The van der Waals surface area contributed by atoms with Crippen molar-refractivity contribution in [1.29, 1.82) is 0 Å². The van der Waals surface area contributed by atoms with E-state index in [4.69, 9.17) is 4.74 Å². The topological polar surface area (TPSA) is 84.0 Å². The number of ether oxygens (including phenoxy) is 1. The SMILES string of the molecule is O=CN1CCOCC1c1cccc(-c2c(F)cnc3[nH]c4cnc(-c5cccnc5)cc4c23)c1. The van der Waals surface area contributed by atoms with E-state index in [1.807, 2.05) is 42.5 Å². The van der Waals surface area contributed by atoms with Crippen LogP contribution in [0.5, 0.6) is 0 Å². The number of aromatic amines is 1. The average Bonchev–Trinajstić information content (AvgIpc) is 3.27. The molecular weight excluding hydrogens is 433 g/mol. The average molecular weight is 453 g/mol. The van der Waals surface area contributed by atoms with Crippen LogP contribution in [0.2, 0.25) is 0 Å². The van der Waals surface area contributed by atoms with Crippen molar-refractivity contribution in [1.82, 2.24) is 24.8 Å². The standard InChI is InChI=1S/C26H20FN5O2/c27-20-12-30-26-25(19-10-21(29-13-22(19)31-26)18-5-2-6-28-11-18)24(20)17-4-1-3-16(9-17)23-14-34-8-7-32(23)15-33/h1-6,9-13,15,23H,7-8,14H2,(H,30,31). The number of halogens is 1. The summed E-state index contributed by atoms with van der Waals surface area (Å²) in [5.74, 6) is -0.419. The van der Waals surface area contributed by atoms with Crippen LogP contribution in [-0.4, -0.2) is 51.0 Å². The van der Waals surface area contributed by atoms with Crippen molar-refractivity contribution in [2.45, 2.75) is 6.04 Å². The molecule has 0 aliphatic carbocycles. The summed E-state index contributed by atoms with van der Waals surface area (Å²) in [6, 6.07) is 13.1. The molecule has 1 atom stereocenters. The summed E-state index contributed by atoms with van der Waals surface area (Å²) in [7, 11) is 0. The molecule has 1 aliphatic rings. The maximum absolute atomic E-state index is 15.4. The molecule has 4 aromatic heterocycles. The molecule has 1 unspecified atom stereocenters. The molecule has 168 valence electrons. The third kappa shape index (κ3) is 3.39. The summed E-state index contributed by atoms with van der Waals surface area (Å²) in [5, 5.41) is 1.51. The molecule has 0 bridgehead atoms. The summed E-state index contributed by atoms with van der Waals surface area (Å²) in [6.07, 6.45) is 7.27. The van der Waals surface area contributed by atoms with Crippen LogP contribution in [0.25, 0.3) is 44.3 Å². The van der Waals surface area contributed by atoms with Crippen LogP contribution in [0.4, 0.5) is 4.39 Å². The highest BCUT2D eigenvalue weighted by molar-refractivity contribution is 6.13. The number of morpholine rings is 1. The van der Waals surface area contributed by atoms with Crippen LogP contribution in [0.1, 0.15) is 11.6 Å². The fourth-order valence-corrected chi connectivity index (χ4v) is 4.62. The van der Waals surface area contributed by atoms with E-state index in [-0.39, 0.29) is 6.04 Å². The van der Waals surface area contributed by atoms with E-state index in [1.165, 1.54) is 6.20 Å². The zero-order chi connectivity index (χ0) is 23.1. The first kappa shape index (κ1) is 20.4. The lowest BCUT2D eigenvalue weighted by atomic mass is 9.96. The Labute approximate surface area is 194 Å². The Morgan fingerprint density at radius 2 is 2.00 bits per heavy atom. The smallest absolute Gasteiger partial charge is 0.210 e. The molecule has 0 saturated carbocycles. The van der Waals surface area contributed by atoms with Crippen molar-refractivity contribution in [3.05, 3.63) is 78.6 Å². The van der Waals surface area contributed by atoms with Gasteiger partial charge in [0.25, 0.3) is 0 Å². The molecule has 1 N–H and O–H groups in total. The van der Waals surface area contributed by atoms with E-state index < -0.39 is 5.82 Å². The van der Waals surface area contributed by atoms with Crippen LogP contribution in [0, 0.1) is 5.82 Å². The number of hydrogen-bond donors (Lipinski definition) is 1. The van der Waals surface area contributed by atoms with E-state index in [2.05, 4.69) is 19.9 Å². The molecule has 5 heterocycles. The van der Waals surface area contributed by atoms with Gasteiger partial charge in [-0.3, -0.25) is 14.8 Å². The maximum atomic E-state index is 15.4. The van der Waals surface area contributed by atoms with Gasteiger partial charge in [-0.1, -0.05) is 18.2 Å². The number of hydrogen-bond acceptors (Lipinski definition) is 5. The van der Waals surface area contributed by atoms with Gasteiger partial charge in [-0.15, -0.1) is 0 Å². The van der Waals surface area contributed by atoms with Gasteiger partial charge in [0.15, 0.2) is 0 Å². The van der Waals surface area contributed by atoms with Gasteiger partial charge in [0, 0.05) is 40.8 Å². The van der Waals surface area contributed by atoms with Gasteiger partial charge in [0.2, 0.25) is 6.41 Å². The van der Waals surface area contributed by atoms with Gasteiger partial charge < -0.3 is 14.6 Å². The largest absolute Gasteiger partial charge is 0.377 e. The molecule has 0 radical (unpaired) electrons. The van der Waals surface area contributed by atoms with Gasteiger partial charge in [0.1, 0.15) is 11.5 Å². The van der Waals surface area contributed by atoms with E-state index in [0.717, 1.165) is 34.1 Å². The zero-order valence-corrected chi connectivity index (χ0v) is 18.1. The molecular formula is C26H20FN5O2. The molecule has 6 rings (SSSR count). The summed E-state index contributed by atoms with van der Waals surface area (Å²) < 4.78 is 21.0. The van der Waals surface area contributed by atoms with Crippen molar-refractivity contribution in [2.75, 3.05) is 19.8 Å². The Hall–Kier alpha value is -4.17. The summed E-state index contributed by atoms with van der Waals surface area (Å²) in [4.78, 5) is 29.6. The first-order valence-electron chi connectivity index (χ1n) is 11.0. The lowest BCUT2D eigenvalue weighted by molar-refractivity contribution is -0.126. The molecule has 1 aromatic carbocycles. The highest BCUT2D eigenvalue weighted by Crippen LogP contribution is 2.37. The van der Waals surface area contributed by atoms with Gasteiger partial charge in [-0.2, -0.15) is 0 Å². The van der Waals surface area contributed by atoms with E-state index in [0.29, 0.717) is 41.9 Å². The van der Waals surface area contributed by atoms with Crippen LogP contribution < -0.4 is 0 Å². The van der Waals surface area contributed by atoms with Gasteiger partial charge in [-0.25, -0.2) is 9.37 Å². The predicted molar refractivity (Wildman–Crippen MR) is 126 cm³/mol. The Balaban J connectivity index is 1.54. The molecule has 8 heteroatoms. The number of nitrogens with one attached hydrogen (secondary N) is 1. The van der Waals surface area contributed by atoms with Crippen LogP contribution in [0.15, 0.2) is 67.3 Å². The third-order valence-corrected chi connectivity index (χ3v) is 6.28. The fourth-order valence-electron chi connectivity index (χ4n) is 4.62. The fraction of sp³-hybridized carbons (Fsp3) is 0.154. The normalized spacial score (nSPS) is 16.3. The Morgan fingerprint density at radius 1 is 1.09 bits per heavy atom. The second-order valence-electron chi connectivity index (χ2n) is 8.25. The predicted octanol–water partition coefficient (Wildman–Crippen LogP) is 4.51. The minimum absolute atomic E-state index is 0.212. The number of amides is 1. The Kier molecular flexibility index (Phi) is 5.00. The molecule has 5 aromatic rings. The second-order valence-corrected chi connectivity index (χ2v) is 8.25. The van der Waals surface area contributed by atoms with Crippen molar-refractivity contribution >= 4 is 28.3 Å². The van der Waals surface area contributed by atoms with Crippen molar-refractivity contribution < 1.29 is 13.9 Å². The molecule has 7 nitrogen and oxygen atoms in total. The number of rotatable bonds is 4. The number of benzene rings is 1. The summed E-state index contributed by atoms with van der Waals surface area (Å²) >= 11 is 0. The van der Waals surface area contributed by atoms with E-state index in [9.17, 15) is 4.79 Å². The number of carbonyl (C=O) groups is 1. The van der Waals surface area contributed by atoms with Gasteiger partial charge in [-0.05, 0) is 35.4 Å².